The molecule has 2 fully saturated rings. The van der Waals surface area contributed by atoms with Gasteiger partial charge < -0.3 is 16.0 Å². The van der Waals surface area contributed by atoms with Crippen molar-refractivity contribution in [2.24, 2.45) is 17.8 Å². The van der Waals surface area contributed by atoms with Crippen LogP contribution in [0.25, 0.3) is 0 Å². The van der Waals surface area contributed by atoms with E-state index in [4.69, 9.17) is 0 Å². The summed E-state index contributed by atoms with van der Waals surface area (Å²) in [6, 6.07) is 0. The highest BCUT2D eigenvalue weighted by atomic mass is 16.5. The zero-order valence-corrected chi connectivity index (χ0v) is 33.3. The average Bonchev–Trinajstić information content (AvgIpc) is 3.41. The molecule has 2 rings (SSSR count). The largest absolute Gasteiger partial charge is 0.356 e. The van der Waals surface area contributed by atoms with Crippen LogP contribution in [-0.2, 0) is 38.4 Å². The third-order valence-electron chi connectivity index (χ3n) is 10.3. The Morgan fingerprint density at radius 3 is 1.50 bits per heavy atom. The van der Waals surface area contributed by atoms with E-state index in [9.17, 15) is 54.0 Å². The average molecular weight is 796 g/mol. The van der Waals surface area contributed by atoms with Gasteiger partial charge in [0.1, 0.15) is 0 Å². The van der Waals surface area contributed by atoms with Gasteiger partial charge in [0, 0.05) is 96.7 Å². The van der Waals surface area contributed by atoms with Crippen molar-refractivity contribution in [2.45, 2.75) is 129 Å². The molecular weight excluding hydrogens is 730 g/mol. The monoisotopic (exact) mass is 795 g/mol. The van der Waals surface area contributed by atoms with Crippen molar-refractivity contribution in [3.8, 4) is 0 Å². The van der Waals surface area contributed by atoms with Crippen molar-refractivity contribution in [3.05, 3.63) is 0 Å². The third-order valence-corrected chi connectivity index (χ3v) is 10.3. The van der Waals surface area contributed by atoms with Gasteiger partial charge in [-0.1, -0.05) is 6.92 Å². The second kappa shape index (κ2) is 26.6. The maximum atomic E-state index is 12.6. The molecule has 56 heavy (non-hydrogen) atoms. The van der Waals surface area contributed by atoms with Crippen LogP contribution in [0.3, 0.4) is 0 Å². The van der Waals surface area contributed by atoms with E-state index in [-0.39, 0.29) is 99.0 Å². The Labute approximate surface area is 329 Å². The molecule has 1 aliphatic carbocycles. The maximum absolute atomic E-state index is 12.6. The van der Waals surface area contributed by atoms with Gasteiger partial charge in [0.25, 0.3) is 0 Å². The summed E-state index contributed by atoms with van der Waals surface area (Å²) < 4.78 is 0. The SMILES string of the molecule is CC(=O)N(O)CCCCCNC(=O)CCC(=O)N(O)CCCCCNC(=O)CCC(=O)N(O)CCCCCNC(=O)C1CCC(CN2C(=O)CC(C)C2=O)CC1. The van der Waals surface area contributed by atoms with Gasteiger partial charge in [-0.05, 0) is 89.4 Å². The first-order valence-electron chi connectivity index (χ1n) is 20.3. The normalized spacial score (nSPS) is 18.0. The maximum Gasteiger partial charge on any atom is 0.246 e. The summed E-state index contributed by atoms with van der Waals surface area (Å²) >= 11 is 0. The fourth-order valence-electron chi connectivity index (χ4n) is 6.69. The van der Waals surface area contributed by atoms with Gasteiger partial charge in [-0.2, -0.15) is 0 Å². The number of nitrogens with one attached hydrogen (secondary N) is 3. The predicted molar refractivity (Wildman–Crippen MR) is 201 cm³/mol. The standard InChI is InChI=1S/C38H65N7O11/c1-28-26-36(51)42(38(28)53)27-30-12-14-31(15-13-30)37(52)41-22-8-5-11-25-45(56)35(50)19-17-33(48)40-21-7-4-10-24-44(55)34(49)18-16-32(47)39-20-6-3-9-23-43(54)29(2)46/h28,30-31,54-56H,3-27H2,1-2H3,(H,39,47)(H,40,48)(H,41,52). The number of hydrogen-bond acceptors (Lipinski definition) is 11. The van der Waals surface area contributed by atoms with Crippen LogP contribution in [-0.4, -0.2) is 129 Å². The van der Waals surface area contributed by atoms with Crippen molar-refractivity contribution in [3.63, 3.8) is 0 Å². The van der Waals surface area contributed by atoms with E-state index >= 15 is 0 Å². The number of carbonyl (C=O) groups is 8. The van der Waals surface area contributed by atoms with E-state index in [0.29, 0.717) is 99.2 Å². The molecule has 0 spiro atoms. The van der Waals surface area contributed by atoms with Crippen LogP contribution < -0.4 is 16.0 Å². The minimum atomic E-state index is -0.567. The van der Waals surface area contributed by atoms with Crippen molar-refractivity contribution in [1.82, 2.24) is 36.0 Å². The van der Waals surface area contributed by atoms with Gasteiger partial charge in [-0.25, -0.2) is 15.2 Å². The van der Waals surface area contributed by atoms with Crippen LogP contribution in [0.4, 0.5) is 0 Å². The van der Waals surface area contributed by atoms with Crippen molar-refractivity contribution < 1.29 is 54.0 Å². The second-order valence-corrected chi connectivity index (χ2v) is 15.0. The molecule has 0 radical (unpaired) electrons. The Kier molecular flexibility index (Phi) is 22.8. The molecule has 18 heteroatoms. The molecule has 1 saturated carbocycles. The summed E-state index contributed by atoms with van der Waals surface area (Å²) in [5.41, 5.74) is 0. The van der Waals surface area contributed by atoms with E-state index < -0.39 is 17.7 Å². The van der Waals surface area contributed by atoms with Crippen molar-refractivity contribution in [2.75, 3.05) is 45.8 Å². The van der Waals surface area contributed by atoms with Gasteiger partial charge in [0.2, 0.25) is 47.3 Å². The van der Waals surface area contributed by atoms with E-state index in [1.165, 1.54) is 11.8 Å². The van der Waals surface area contributed by atoms with Crippen LogP contribution >= 0.6 is 0 Å². The smallest absolute Gasteiger partial charge is 0.246 e. The Hall–Kier alpha value is -4.16. The van der Waals surface area contributed by atoms with Crippen LogP contribution in [0, 0.1) is 17.8 Å². The molecule has 1 aliphatic heterocycles. The number of hydroxylamine groups is 6. The lowest BCUT2D eigenvalue weighted by molar-refractivity contribution is -0.166. The Morgan fingerprint density at radius 1 is 0.625 bits per heavy atom. The highest BCUT2D eigenvalue weighted by molar-refractivity contribution is 6.03. The minimum Gasteiger partial charge on any atom is -0.356 e. The van der Waals surface area contributed by atoms with Crippen molar-refractivity contribution >= 4 is 47.3 Å². The molecule has 1 atom stereocenters. The highest BCUT2D eigenvalue weighted by Gasteiger charge is 2.37. The second-order valence-electron chi connectivity index (χ2n) is 15.0. The molecular formula is C38H65N7O11. The van der Waals surface area contributed by atoms with Crippen LogP contribution in [0.15, 0.2) is 0 Å². The third kappa shape index (κ3) is 19.1. The van der Waals surface area contributed by atoms with Gasteiger partial charge in [-0.3, -0.25) is 58.9 Å². The predicted octanol–water partition coefficient (Wildman–Crippen LogP) is 2.28. The molecule has 0 aromatic heterocycles. The molecule has 1 heterocycles. The number of imide groups is 1. The first kappa shape index (κ1) is 48.0. The lowest BCUT2D eigenvalue weighted by Crippen LogP contribution is -2.38. The van der Waals surface area contributed by atoms with E-state index in [2.05, 4.69) is 16.0 Å². The molecule has 0 bridgehead atoms. The number of likely N-dealkylation sites (tertiary alicyclic amines) is 1. The molecule has 318 valence electrons. The fraction of sp³-hybridized carbons (Fsp3) is 0.789. The number of unbranched alkanes of at least 4 members (excludes halogenated alkanes) is 6. The van der Waals surface area contributed by atoms with Gasteiger partial charge >= 0.3 is 0 Å². The quantitative estimate of drug-likeness (QED) is 0.0305. The van der Waals surface area contributed by atoms with Crippen LogP contribution in [0.2, 0.25) is 0 Å². The van der Waals surface area contributed by atoms with Gasteiger partial charge in [0.15, 0.2) is 0 Å². The topological polar surface area (TPSA) is 246 Å². The van der Waals surface area contributed by atoms with E-state index in [1.807, 2.05) is 0 Å². The molecule has 1 saturated heterocycles. The number of carbonyl (C=O) groups excluding carboxylic acids is 8. The number of hydrogen-bond donors (Lipinski definition) is 6. The molecule has 2 aliphatic rings. The first-order valence-corrected chi connectivity index (χ1v) is 20.3. The Bertz CT molecular complexity index is 1310. The van der Waals surface area contributed by atoms with E-state index in [0.717, 1.165) is 25.7 Å². The summed E-state index contributed by atoms with van der Waals surface area (Å²) in [5.74, 6) is -2.47. The first-order chi connectivity index (χ1) is 26.7. The summed E-state index contributed by atoms with van der Waals surface area (Å²) in [5, 5.41) is 39.5. The zero-order chi connectivity index (χ0) is 41.5. The lowest BCUT2D eigenvalue weighted by Gasteiger charge is -2.30. The number of rotatable bonds is 27. The van der Waals surface area contributed by atoms with Crippen LogP contribution in [0.1, 0.15) is 129 Å². The summed E-state index contributed by atoms with van der Waals surface area (Å²) in [6.45, 7) is 5.16. The van der Waals surface area contributed by atoms with E-state index in [1.54, 1.807) is 6.92 Å². The molecule has 1 unspecified atom stereocenters. The summed E-state index contributed by atoms with van der Waals surface area (Å²) in [4.78, 5) is 97.6. The van der Waals surface area contributed by atoms with Gasteiger partial charge in [0.05, 0.1) is 0 Å². The molecule has 0 aromatic rings. The Morgan fingerprint density at radius 2 is 1.07 bits per heavy atom. The minimum absolute atomic E-state index is 0.00690. The highest BCUT2D eigenvalue weighted by Crippen LogP contribution is 2.31. The molecule has 6 N–H and O–H groups in total. The number of nitrogens with zero attached hydrogens (tertiary/aromatic N) is 4. The summed E-state index contributed by atoms with van der Waals surface area (Å²) in [7, 11) is 0. The molecule has 18 nitrogen and oxygen atoms in total. The Balaban J connectivity index is 1.41. The molecule has 8 amide bonds. The van der Waals surface area contributed by atoms with Gasteiger partial charge in [-0.15, -0.1) is 0 Å². The van der Waals surface area contributed by atoms with Crippen LogP contribution in [0.5, 0.6) is 0 Å². The summed E-state index contributed by atoms with van der Waals surface area (Å²) in [6.07, 6.45) is 8.47. The number of amides is 8. The lowest BCUT2D eigenvalue weighted by atomic mass is 9.81. The zero-order valence-electron chi connectivity index (χ0n) is 33.3. The fourth-order valence-corrected chi connectivity index (χ4v) is 6.69. The van der Waals surface area contributed by atoms with Crippen molar-refractivity contribution in [1.29, 1.82) is 0 Å². The molecule has 0 aromatic carbocycles.